The molecule has 1 amide bonds. The van der Waals surface area contributed by atoms with E-state index in [2.05, 4.69) is 4.98 Å². The van der Waals surface area contributed by atoms with E-state index in [0.29, 0.717) is 10.9 Å². The molecule has 10 heteroatoms. The van der Waals surface area contributed by atoms with Crippen molar-refractivity contribution in [2.24, 2.45) is 0 Å². The maximum atomic E-state index is 13.1. The van der Waals surface area contributed by atoms with Crippen LogP contribution >= 0.6 is 23.2 Å². The molecule has 27 heavy (non-hydrogen) atoms. The van der Waals surface area contributed by atoms with Crippen molar-refractivity contribution < 1.29 is 18.4 Å². The number of para-hydroxylation sites is 1. The molecule has 0 unspecified atom stereocenters. The molecule has 0 aliphatic rings. The van der Waals surface area contributed by atoms with Crippen molar-refractivity contribution in [3.05, 3.63) is 64.8 Å². The first-order valence-corrected chi connectivity index (χ1v) is 9.77. The summed E-state index contributed by atoms with van der Waals surface area (Å²) >= 11 is 11.8. The minimum Gasteiger partial charge on any atom is -0.289 e. The van der Waals surface area contributed by atoms with E-state index in [4.69, 9.17) is 28.4 Å². The number of hydroxylamine groups is 1. The lowest BCUT2D eigenvalue weighted by Gasteiger charge is -2.23. The number of carbonyl (C=O) groups excluding carboxylic acids is 1. The molecule has 1 heterocycles. The van der Waals surface area contributed by atoms with E-state index in [0.717, 1.165) is 4.31 Å². The minimum absolute atomic E-state index is 0.129. The van der Waals surface area contributed by atoms with E-state index in [9.17, 15) is 13.2 Å². The van der Waals surface area contributed by atoms with Crippen molar-refractivity contribution in [2.75, 3.05) is 10.8 Å². The smallest absolute Gasteiger partial charge is 0.264 e. The van der Waals surface area contributed by atoms with E-state index in [1.807, 2.05) is 0 Å². The maximum absolute atomic E-state index is 13.1. The molecule has 0 spiro atoms. The van der Waals surface area contributed by atoms with E-state index in [1.54, 1.807) is 30.3 Å². The fourth-order valence-electron chi connectivity index (χ4n) is 2.48. The molecule has 0 bridgehead atoms. The average molecular weight is 426 g/mol. The van der Waals surface area contributed by atoms with Gasteiger partial charge in [-0.1, -0.05) is 41.4 Å². The summed E-state index contributed by atoms with van der Waals surface area (Å²) in [5.41, 5.74) is 2.24. The molecule has 140 valence electrons. The van der Waals surface area contributed by atoms with Crippen LogP contribution in [0.2, 0.25) is 10.0 Å². The number of aromatic nitrogens is 1. The highest BCUT2D eigenvalue weighted by Crippen LogP contribution is 2.29. The maximum Gasteiger partial charge on any atom is 0.264 e. The number of nitrogens with one attached hydrogen (secondary N) is 1. The molecule has 0 aliphatic heterocycles. The predicted molar refractivity (Wildman–Crippen MR) is 103 cm³/mol. The van der Waals surface area contributed by atoms with Gasteiger partial charge >= 0.3 is 0 Å². The number of anilines is 1. The SMILES string of the molecule is O=C(CN(c1cnc2ccccc2c1)S(=O)(=O)c1cc(Cl)cc(Cl)c1)NO. The molecule has 7 nitrogen and oxygen atoms in total. The molecule has 3 aromatic rings. The van der Waals surface area contributed by atoms with Crippen LogP contribution < -0.4 is 9.79 Å². The number of hydrogen-bond acceptors (Lipinski definition) is 5. The number of carbonyl (C=O) groups is 1. The Balaban J connectivity index is 2.15. The van der Waals surface area contributed by atoms with Gasteiger partial charge in [-0.3, -0.25) is 19.3 Å². The number of nitrogens with zero attached hydrogens (tertiary/aromatic N) is 2. The molecular formula is C17H13Cl2N3O4S. The van der Waals surface area contributed by atoms with E-state index in [1.165, 1.54) is 29.9 Å². The van der Waals surface area contributed by atoms with Gasteiger partial charge in [-0.05, 0) is 30.3 Å². The molecule has 0 atom stereocenters. The number of benzene rings is 2. The molecule has 2 N–H and O–H groups in total. The molecule has 0 radical (unpaired) electrons. The zero-order valence-corrected chi connectivity index (χ0v) is 16.0. The molecule has 0 saturated carbocycles. The van der Waals surface area contributed by atoms with Crippen LogP contribution in [0.3, 0.4) is 0 Å². The largest absolute Gasteiger partial charge is 0.289 e. The molecule has 0 aliphatic carbocycles. The molecule has 0 saturated heterocycles. The predicted octanol–water partition coefficient (Wildman–Crippen LogP) is 3.24. The van der Waals surface area contributed by atoms with E-state index in [-0.39, 0.29) is 20.6 Å². The molecular weight excluding hydrogens is 413 g/mol. The lowest BCUT2D eigenvalue weighted by atomic mass is 10.2. The highest BCUT2D eigenvalue weighted by Gasteiger charge is 2.28. The number of amides is 1. The summed E-state index contributed by atoms with van der Waals surface area (Å²) in [4.78, 5) is 15.8. The summed E-state index contributed by atoms with van der Waals surface area (Å²) in [6, 6.07) is 12.5. The second-order valence-electron chi connectivity index (χ2n) is 5.54. The van der Waals surface area contributed by atoms with Crippen LogP contribution in [0.5, 0.6) is 0 Å². The molecule has 3 rings (SSSR count). The normalized spacial score (nSPS) is 11.4. The topological polar surface area (TPSA) is 99.6 Å². The Morgan fingerprint density at radius 2 is 1.78 bits per heavy atom. The summed E-state index contributed by atoms with van der Waals surface area (Å²) in [5, 5.41) is 9.79. The zero-order chi connectivity index (χ0) is 19.6. The van der Waals surface area contributed by atoms with Crippen LogP contribution in [-0.4, -0.2) is 31.1 Å². The van der Waals surface area contributed by atoms with Crippen molar-refractivity contribution in [3.8, 4) is 0 Å². The Bertz CT molecular complexity index is 1100. The fraction of sp³-hybridized carbons (Fsp3) is 0.0588. The summed E-state index contributed by atoms with van der Waals surface area (Å²) in [5.74, 6) is -0.917. The Morgan fingerprint density at radius 1 is 1.11 bits per heavy atom. The summed E-state index contributed by atoms with van der Waals surface area (Å²) < 4.78 is 27.1. The first-order valence-electron chi connectivity index (χ1n) is 7.58. The van der Waals surface area contributed by atoms with Crippen molar-refractivity contribution in [1.82, 2.24) is 10.5 Å². The van der Waals surface area contributed by atoms with Gasteiger partial charge < -0.3 is 0 Å². The third kappa shape index (κ3) is 4.14. The number of sulfonamides is 1. The lowest BCUT2D eigenvalue weighted by Crippen LogP contribution is -2.40. The highest BCUT2D eigenvalue weighted by atomic mass is 35.5. The quantitative estimate of drug-likeness (QED) is 0.482. The number of rotatable bonds is 5. The third-order valence-electron chi connectivity index (χ3n) is 3.70. The summed E-state index contributed by atoms with van der Waals surface area (Å²) in [6.45, 7) is -0.664. The highest BCUT2D eigenvalue weighted by molar-refractivity contribution is 7.92. The monoisotopic (exact) mass is 425 g/mol. The average Bonchev–Trinajstić information content (AvgIpc) is 2.64. The van der Waals surface area contributed by atoms with Crippen molar-refractivity contribution in [1.29, 1.82) is 0 Å². The van der Waals surface area contributed by atoms with Gasteiger partial charge in [0.15, 0.2) is 0 Å². The van der Waals surface area contributed by atoms with Crippen molar-refractivity contribution in [3.63, 3.8) is 0 Å². The van der Waals surface area contributed by atoms with Crippen LogP contribution in [0, 0.1) is 0 Å². The first-order chi connectivity index (χ1) is 12.8. The van der Waals surface area contributed by atoms with Gasteiger partial charge in [-0.25, -0.2) is 13.9 Å². The van der Waals surface area contributed by atoms with Crippen LogP contribution in [0.1, 0.15) is 0 Å². The van der Waals surface area contributed by atoms with Gasteiger partial charge in [0.2, 0.25) is 0 Å². The Hall–Kier alpha value is -2.39. The lowest BCUT2D eigenvalue weighted by molar-refractivity contribution is -0.127. The van der Waals surface area contributed by atoms with Gasteiger partial charge in [0.1, 0.15) is 6.54 Å². The molecule has 1 aromatic heterocycles. The van der Waals surface area contributed by atoms with Gasteiger partial charge in [0.25, 0.3) is 15.9 Å². The Morgan fingerprint density at radius 3 is 2.44 bits per heavy atom. The van der Waals surface area contributed by atoms with Gasteiger partial charge in [-0.15, -0.1) is 0 Å². The van der Waals surface area contributed by atoms with Crippen LogP contribution in [-0.2, 0) is 14.8 Å². The fourth-order valence-corrected chi connectivity index (χ4v) is 4.61. The molecule has 0 fully saturated rings. The van der Waals surface area contributed by atoms with Gasteiger partial charge in [0.05, 0.1) is 22.3 Å². The third-order valence-corrected chi connectivity index (χ3v) is 5.89. The summed E-state index contributed by atoms with van der Waals surface area (Å²) in [6.07, 6.45) is 1.33. The summed E-state index contributed by atoms with van der Waals surface area (Å²) in [7, 11) is -4.22. The number of hydrogen-bond donors (Lipinski definition) is 2. The first kappa shape index (κ1) is 19.4. The van der Waals surface area contributed by atoms with E-state index >= 15 is 0 Å². The number of halogens is 2. The van der Waals surface area contributed by atoms with E-state index < -0.39 is 22.5 Å². The minimum atomic E-state index is -4.22. The molecule has 2 aromatic carbocycles. The van der Waals surface area contributed by atoms with Crippen LogP contribution in [0.15, 0.2) is 59.6 Å². The van der Waals surface area contributed by atoms with Crippen LogP contribution in [0.4, 0.5) is 5.69 Å². The Kier molecular flexibility index (Phi) is 5.52. The van der Waals surface area contributed by atoms with Crippen molar-refractivity contribution >= 4 is 55.7 Å². The second kappa shape index (κ2) is 7.69. The second-order valence-corrected chi connectivity index (χ2v) is 8.27. The number of fused-ring (bicyclic) bond motifs is 1. The number of pyridine rings is 1. The van der Waals surface area contributed by atoms with Crippen molar-refractivity contribution in [2.45, 2.75) is 4.90 Å². The zero-order valence-electron chi connectivity index (χ0n) is 13.6. The van der Waals surface area contributed by atoms with Gasteiger partial charge in [-0.2, -0.15) is 0 Å². The van der Waals surface area contributed by atoms with Gasteiger partial charge in [0, 0.05) is 15.4 Å². The standard InChI is InChI=1S/C17H13Cl2N3O4S/c18-12-6-13(19)8-15(7-12)27(25,26)22(10-17(23)21-24)14-5-11-3-1-2-4-16(11)20-9-14/h1-9,24H,10H2,(H,21,23). The van der Waals surface area contributed by atoms with Crippen LogP contribution in [0.25, 0.3) is 10.9 Å². The Labute approximate surface area is 165 Å².